The Bertz CT molecular complexity index is 509. The van der Waals surface area contributed by atoms with Crippen molar-refractivity contribution in [3.63, 3.8) is 0 Å². The zero-order valence-electron chi connectivity index (χ0n) is 12.2. The van der Waals surface area contributed by atoms with Crippen molar-refractivity contribution in [3.05, 3.63) is 29.3 Å². The smallest absolute Gasteiger partial charge is 0.238 e. The minimum atomic E-state index is 0.0233. The average molecular weight is 274 g/mol. The van der Waals surface area contributed by atoms with Gasteiger partial charge < -0.3 is 9.64 Å². The van der Waals surface area contributed by atoms with Crippen molar-refractivity contribution in [2.24, 2.45) is 0 Å². The van der Waals surface area contributed by atoms with E-state index in [0.717, 1.165) is 29.7 Å². The number of ether oxygens (including phenoxy) is 1. The van der Waals surface area contributed by atoms with Crippen LogP contribution in [-0.4, -0.2) is 30.5 Å². The standard InChI is InChI=1S/C16H22N2O2/c1-11-9-12(7-8-14(11)20-2)16-17-10-15(19)18(16)13-5-3-4-6-13/h7-9,13,16-17H,3-6,10H2,1-2H3. The Morgan fingerprint density at radius 3 is 2.70 bits per heavy atom. The number of benzene rings is 1. The molecule has 1 unspecified atom stereocenters. The number of hydrogen-bond acceptors (Lipinski definition) is 3. The zero-order chi connectivity index (χ0) is 14.1. The molecular formula is C16H22N2O2. The first kappa shape index (κ1) is 13.4. The summed E-state index contributed by atoms with van der Waals surface area (Å²) >= 11 is 0. The second-order valence-electron chi connectivity index (χ2n) is 5.75. The highest BCUT2D eigenvalue weighted by Gasteiger charge is 2.37. The van der Waals surface area contributed by atoms with Gasteiger partial charge in [-0.1, -0.05) is 18.9 Å². The highest BCUT2D eigenvalue weighted by Crippen LogP contribution is 2.33. The van der Waals surface area contributed by atoms with Crippen LogP contribution in [0.15, 0.2) is 18.2 Å². The van der Waals surface area contributed by atoms with E-state index >= 15 is 0 Å². The Labute approximate surface area is 120 Å². The molecule has 0 bridgehead atoms. The Morgan fingerprint density at radius 1 is 1.30 bits per heavy atom. The minimum absolute atomic E-state index is 0.0233. The number of rotatable bonds is 3. The van der Waals surface area contributed by atoms with E-state index in [1.165, 1.54) is 12.8 Å². The Balaban J connectivity index is 1.87. The van der Waals surface area contributed by atoms with E-state index in [-0.39, 0.29) is 12.1 Å². The number of nitrogens with one attached hydrogen (secondary N) is 1. The van der Waals surface area contributed by atoms with Gasteiger partial charge in [0.2, 0.25) is 5.91 Å². The summed E-state index contributed by atoms with van der Waals surface area (Å²) < 4.78 is 5.31. The highest BCUT2D eigenvalue weighted by atomic mass is 16.5. The summed E-state index contributed by atoms with van der Waals surface area (Å²) in [4.78, 5) is 14.3. The molecule has 1 heterocycles. The molecule has 1 aliphatic heterocycles. The number of carbonyl (C=O) groups is 1. The van der Waals surface area contributed by atoms with Crippen LogP contribution in [0.4, 0.5) is 0 Å². The van der Waals surface area contributed by atoms with Gasteiger partial charge in [0.1, 0.15) is 11.9 Å². The first-order valence-corrected chi connectivity index (χ1v) is 7.40. The molecule has 4 heteroatoms. The van der Waals surface area contributed by atoms with Crippen LogP contribution in [0.2, 0.25) is 0 Å². The van der Waals surface area contributed by atoms with Crippen LogP contribution in [-0.2, 0) is 4.79 Å². The van der Waals surface area contributed by atoms with Gasteiger partial charge in [-0.15, -0.1) is 0 Å². The van der Waals surface area contributed by atoms with Crippen molar-refractivity contribution in [2.75, 3.05) is 13.7 Å². The SMILES string of the molecule is COc1ccc(C2NCC(=O)N2C2CCCC2)cc1C. The van der Waals surface area contributed by atoms with E-state index in [1.807, 2.05) is 13.0 Å². The van der Waals surface area contributed by atoms with Crippen molar-refractivity contribution >= 4 is 5.91 Å². The van der Waals surface area contributed by atoms with Crippen molar-refractivity contribution in [3.8, 4) is 5.75 Å². The van der Waals surface area contributed by atoms with Crippen LogP contribution in [0.5, 0.6) is 5.75 Å². The summed E-state index contributed by atoms with van der Waals surface area (Å²) in [6.45, 7) is 2.49. The van der Waals surface area contributed by atoms with Gasteiger partial charge in [-0.3, -0.25) is 10.1 Å². The van der Waals surface area contributed by atoms with E-state index in [1.54, 1.807) is 7.11 Å². The predicted molar refractivity (Wildman–Crippen MR) is 77.6 cm³/mol. The highest BCUT2D eigenvalue weighted by molar-refractivity contribution is 5.81. The molecule has 1 saturated heterocycles. The maximum Gasteiger partial charge on any atom is 0.238 e. The van der Waals surface area contributed by atoms with Crippen LogP contribution in [0.1, 0.15) is 43.0 Å². The lowest BCUT2D eigenvalue weighted by molar-refractivity contribution is -0.130. The van der Waals surface area contributed by atoms with Crippen LogP contribution >= 0.6 is 0 Å². The summed E-state index contributed by atoms with van der Waals surface area (Å²) in [6.07, 6.45) is 4.78. The largest absolute Gasteiger partial charge is 0.496 e. The number of aryl methyl sites for hydroxylation is 1. The molecule has 3 rings (SSSR count). The summed E-state index contributed by atoms with van der Waals surface area (Å²) in [7, 11) is 1.68. The molecule has 20 heavy (non-hydrogen) atoms. The molecule has 1 saturated carbocycles. The minimum Gasteiger partial charge on any atom is -0.496 e. The fourth-order valence-electron chi connectivity index (χ4n) is 3.46. The van der Waals surface area contributed by atoms with Gasteiger partial charge >= 0.3 is 0 Å². The summed E-state index contributed by atoms with van der Waals surface area (Å²) in [6, 6.07) is 6.58. The summed E-state index contributed by atoms with van der Waals surface area (Å²) in [5.41, 5.74) is 2.26. The van der Waals surface area contributed by atoms with Gasteiger partial charge in [0.25, 0.3) is 0 Å². The lowest BCUT2D eigenvalue weighted by Gasteiger charge is -2.30. The van der Waals surface area contributed by atoms with Crippen molar-refractivity contribution in [1.82, 2.24) is 10.2 Å². The van der Waals surface area contributed by atoms with Gasteiger partial charge in [-0.05, 0) is 43.0 Å². The molecule has 1 amide bonds. The lowest BCUT2D eigenvalue weighted by atomic mass is 10.1. The predicted octanol–water partition coefficient (Wildman–Crippen LogP) is 2.38. The molecule has 2 fully saturated rings. The number of amides is 1. The van der Waals surface area contributed by atoms with Gasteiger partial charge in [-0.25, -0.2) is 0 Å². The molecule has 1 aromatic carbocycles. The molecule has 0 spiro atoms. The lowest BCUT2D eigenvalue weighted by Crippen LogP contribution is -2.38. The third-order valence-electron chi connectivity index (χ3n) is 4.47. The first-order chi connectivity index (χ1) is 9.70. The first-order valence-electron chi connectivity index (χ1n) is 7.40. The third-order valence-corrected chi connectivity index (χ3v) is 4.47. The second-order valence-corrected chi connectivity index (χ2v) is 5.75. The van der Waals surface area contributed by atoms with E-state index in [2.05, 4.69) is 22.3 Å². The maximum atomic E-state index is 12.2. The normalized spacial score (nSPS) is 23.6. The molecule has 1 aromatic rings. The number of carbonyl (C=O) groups excluding carboxylic acids is 1. The number of methoxy groups -OCH3 is 1. The average Bonchev–Trinajstić information content (AvgIpc) is 3.07. The molecule has 1 N–H and O–H groups in total. The van der Waals surface area contributed by atoms with Crippen LogP contribution in [0.25, 0.3) is 0 Å². The monoisotopic (exact) mass is 274 g/mol. The van der Waals surface area contributed by atoms with Crippen LogP contribution in [0.3, 0.4) is 0 Å². The Hall–Kier alpha value is -1.55. The van der Waals surface area contributed by atoms with Gasteiger partial charge in [0, 0.05) is 6.04 Å². The van der Waals surface area contributed by atoms with Crippen molar-refractivity contribution < 1.29 is 9.53 Å². The van der Waals surface area contributed by atoms with E-state index < -0.39 is 0 Å². The quantitative estimate of drug-likeness (QED) is 0.920. The molecule has 1 atom stereocenters. The molecule has 0 radical (unpaired) electrons. The Kier molecular flexibility index (Phi) is 3.66. The molecule has 0 aromatic heterocycles. The number of hydrogen-bond donors (Lipinski definition) is 1. The van der Waals surface area contributed by atoms with Gasteiger partial charge in [-0.2, -0.15) is 0 Å². The van der Waals surface area contributed by atoms with Crippen molar-refractivity contribution in [1.29, 1.82) is 0 Å². The summed E-state index contributed by atoms with van der Waals surface area (Å²) in [5.74, 6) is 1.13. The van der Waals surface area contributed by atoms with E-state index in [4.69, 9.17) is 4.74 Å². The summed E-state index contributed by atoms with van der Waals surface area (Å²) in [5, 5.41) is 3.35. The zero-order valence-corrected chi connectivity index (χ0v) is 12.2. The third kappa shape index (κ3) is 2.29. The molecular weight excluding hydrogens is 252 g/mol. The van der Waals surface area contributed by atoms with Crippen molar-refractivity contribution in [2.45, 2.75) is 44.8 Å². The molecule has 108 valence electrons. The molecule has 1 aliphatic carbocycles. The molecule has 4 nitrogen and oxygen atoms in total. The molecule has 2 aliphatic rings. The Morgan fingerprint density at radius 2 is 2.05 bits per heavy atom. The maximum absolute atomic E-state index is 12.2. The fourth-order valence-corrected chi connectivity index (χ4v) is 3.46. The van der Waals surface area contributed by atoms with E-state index in [0.29, 0.717) is 12.6 Å². The van der Waals surface area contributed by atoms with Crippen LogP contribution in [0, 0.1) is 6.92 Å². The second kappa shape index (κ2) is 5.44. The fraction of sp³-hybridized carbons (Fsp3) is 0.562. The topological polar surface area (TPSA) is 41.6 Å². The van der Waals surface area contributed by atoms with Gasteiger partial charge in [0.15, 0.2) is 0 Å². The van der Waals surface area contributed by atoms with Gasteiger partial charge in [0.05, 0.1) is 13.7 Å². The van der Waals surface area contributed by atoms with Crippen LogP contribution < -0.4 is 10.1 Å². The van der Waals surface area contributed by atoms with E-state index in [9.17, 15) is 4.79 Å². The number of nitrogens with zero attached hydrogens (tertiary/aromatic N) is 1.